The zero-order chi connectivity index (χ0) is 13.1. The number of hydrogen-bond acceptors (Lipinski definition) is 3. The molecular formula is C15H16O3. The topological polar surface area (TPSA) is 43.4 Å². The van der Waals surface area contributed by atoms with Gasteiger partial charge in [0.1, 0.15) is 6.10 Å². The van der Waals surface area contributed by atoms with Crippen molar-refractivity contribution in [1.82, 2.24) is 0 Å². The number of carbonyl (C=O) groups excluding carboxylic acids is 2. The minimum Gasteiger partial charge on any atom is -0.458 e. The maximum absolute atomic E-state index is 11.8. The van der Waals surface area contributed by atoms with Crippen molar-refractivity contribution in [3.8, 4) is 0 Å². The SMILES string of the molecule is C=C1C(=O)OC2C[C@@]3(C)C=CC(=O)C(C)=C3CC12. The maximum Gasteiger partial charge on any atom is 0.334 e. The van der Waals surface area contributed by atoms with Crippen molar-refractivity contribution in [3.63, 3.8) is 0 Å². The summed E-state index contributed by atoms with van der Waals surface area (Å²) in [6.45, 7) is 7.81. The van der Waals surface area contributed by atoms with Crippen LogP contribution in [0.4, 0.5) is 0 Å². The molecule has 2 fully saturated rings. The van der Waals surface area contributed by atoms with Gasteiger partial charge in [0.15, 0.2) is 5.78 Å². The normalized spacial score (nSPS) is 38.7. The van der Waals surface area contributed by atoms with Crippen molar-refractivity contribution in [2.75, 3.05) is 0 Å². The molecule has 3 atom stereocenters. The van der Waals surface area contributed by atoms with Crippen LogP contribution in [0.3, 0.4) is 0 Å². The van der Waals surface area contributed by atoms with Gasteiger partial charge in [0, 0.05) is 16.9 Å². The Morgan fingerprint density at radius 1 is 1.44 bits per heavy atom. The van der Waals surface area contributed by atoms with E-state index in [1.807, 2.05) is 13.0 Å². The molecular weight excluding hydrogens is 228 g/mol. The molecule has 1 aliphatic heterocycles. The molecule has 0 spiro atoms. The monoisotopic (exact) mass is 244 g/mol. The Morgan fingerprint density at radius 3 is 2.89 bits per heavy atom. The molecule has 3 aliphatic rings. The van der Waals surface area contributed by atoms with Crippen LogP contribution < -0.4 is 0 Å². The van der Waals surface area contributed by atoms with Gasteiger partial charge in [0.05, 0.1) is 0 Å². The van der Waals surface area contributed by atoms with E-state index in [1.54, 1.807) is 6.08 Å². The summed E-state index contributed by atoms with van der Waals surface area (Å²) in [7, 11) is 0. The van der Waals surface area contributed by atoms with E-state index in [0.29, 0.717) is 12.0 Å². The van der Waals surface area contributed by atoms with Crippen molar-refractivity contribution in [1.29, 1.82) is 0 Å². The number of allylic oxidation sites excluding steroid dienone is 4. The van der Waals surface area contributed by atoms with Gasteiger partial charge in [-0.2, -0.15) is 0 Å². The van der Waals surface area contributed by atoms with Gasteiger partial charge in [-0.3, -0.25) is 4.79 Å². The van der Waals surface area contributed by atoms with E-state index < -0.39 is 0 Å². The largest absolute Gasteiger partial charge is 0.458 e. The second-order valence-electron chi connectivity index (χ2n) is 5.70. The maximum atomic E-state index is 11.8. The highest BCUT2D eigenvalue weighted by Crippen LogP contribution is 2.52. The average molecular weight is 244 g/mol. The number of carbonyl (C=O) groups is 2. The number of rotatable bonds is 0. The Balaban J connectivity index is 2.04. The fraction of sp³-hybridized carbons (Fsp3) is 0.467. The summed E-state index contributed by atoms with van der Waals surface area (Å²) in [5.74, 6) is -0.146. The van der Waals surface area contributed by atoms with Gasteiger partial charge in [-0.05, 0) is 31.4 Å². The van der Waals surface area contributed by atoms with E-state index in [1.165, 1.54) is 0 Å². The van der Waals surface area contributed by atoms with Gasteiger partial charge in [-0.1, -0.05) is 25.2 Å². The second-order valence-corrected chi connectivity index (χ2v) is 5.70. The summed E-state index contributed by atoms with van der Waals surface area (Å²) in [5, 5.41) is 0. The van der Waals surface area contributed by atoms with Crippen LogP contribution >= 0.6 is 0 Å². The third kappa shape index (κ3) is 1.36. The summed E-state index contributed by atoms with van der Waals surface area (Å²) < 4.78 is 5.37. The summed E-state index contributed by atoms with van der Waals surface area (Å²) in [6, 6.07) is 0. The quantitative estimate of drug-likeness (QED) is 0.485. The van der Waals surface area contributed by atoms with E-state index in [2.05, 4.69) is 13.5 Å². The Labute approximate surface area is 106 Å². The number of ether oxygens (including phenoxy) is 1. The first kappa shape index (κ1) is 11.5. The number of esters is 1. The Kier molecular flexibility index (Phi) is 2.19. The molecule has 1 saturated heterocycles. The van der Waals surface area contributed by atoms with E-state index in [9.17, 15) is 9.59 Å². The Hall–Kier alpha value is -1.64. The van der Waals surface area contributed by atoms with Crippen molar-refractivity contribution >= 4 is 11.8 Å². The van der Waals surface area contributed by atoms with Crippen LogP contribution in [-0.4, -0.2) is 17.9 Å². The molecule has 0 N–H and O–H groups in total. The van der Waals surface area contributed by atoms with E-state index in [4.69, 9.17) is 4.74 Å². The smallest absolute Gasteiger partial charge is 0.334 e. The fourth-order valence-corrected chi connectivity index (χ4v) is 3.39. The van der Waals surface area contributed by atoms with E-state index in [0.717, 1.165) is 17.6 Å². The van der Waals surface area contributed by atoms with Gasteiger partial charge in [-0.15, -0.1) is 0 Å². The molecule has 18 heavy (non-hydrogen) atoms. The lowest BCUT2D eigenvalue weighted by atomic mass is 9.63. The van der Waals surface area contributed by atoms with E-state index in [-0.39, 0.29) is 29.2 Å². The number of fused-ring (bicyclic) bond motifs is 2. The van der Waals surface area contributed by atoms with Gasteiger partial charge >= 0.3 is 5.97 Å². The van der Waals surface area contributed by atoms with Gasteiger partial charge < -0.3 is 4.74 Å². The van der Waals surface area contributed by atoms with Crippen LogP contribution in [0.5, 0.6) is 0 Å². The zero-order valence-electron chi connectivity index (χ0n) is 10.7. The van der Waals surface area contributed by atoms with Crippen molar-refractivity contribution in [2.45, 2.75) is 32.8 Å². The number of hydrogen-bond donors (Lipinski definition) is 0. The van der Waals surface area contributed by atoms with Crippen LogP contribution in [-0.2, 0) is 14.3 Å². The molecule has 1 heterocycles. The summed E-state index contributed by atoms with van der Waals surface area (Å²) in [4.78, 5) is 23.3. The fourth-order valence-electron chi connectivity index (χ4n) is 3.39. The molecule has 0 aromatic heterocycles. The first-order chi connectivity index (χ1) is 8.42. The first-order valence-electron chi connectivity index (χ1n) is 6.26. The van der Waals surface area contributed by atoms with E-state index >= 15 is 0 Å². The molecule has 0 bridgehead atoms. The lowest BCUT2D eigenvalue weighted by Gasteiger charge is -2.41. The predicted octanol–water partition coefficient (Wildman–Crippen LogP) is 2.34. The Morgan fingerprint density at radius 2 is 2.17 bits per heavy atom. The van der Waals surface area contributed by atoms with Crippen LogP contribution in [0, 0.1) is 11.3 Å². The summed E-state index contributed by atoms with van der Waals surface area (Å²) in [5.41, 5.74) is 2.38. The van der Waals surface area contributed by atoms with Crippen molar-refractivity contribution < 1.29 is 14.3 Å². The predicted molar refractivity (Wildman–Crippen MR) is 66.7 cm³/mol. The van der Waals surface area contributed by atoms with Crippen LogP contribution in [0.1, 0.15) is 26.7 Å². The molecule has 0 amide bonds. The van der Waals surface area contributed by atoms with Gasteiger partial charge in [-0.25, -0.2) is 4.79 Å². The minimum atomic E-state index is -0.277. The zero-order valence-corrected chi connectivity index (χ0v) is 10.7. The average Bonchev–Trinajstić information content (AvgIpc) is 2.58. The van der Waals surface area contributed by atoms with Crippen molar-refractivity contribution in [3.05, 3.63) is 35.5 Å². The molecule has 2 unspecified atom stereocenters. The molecule has 0 aromatic rings. The highest BCUT2D eigenvalue weighted by atomic mass is 16.6. The summed E-state index contributed by atoms with van der Waals surface area (Å²) >= 11 is 0. The molecule has 3 heteroatoms. The molecule has 1 saturated carbocycles. The highest BCUT2D eigenvalue weighted by molar-refractivity contribution is 6.05. The molecule has 3 nitrogen and oxygen atoms in total. The van der Waals surface area contributed by atoms with Crippen molar-refractivity contribution in [2.24, 2.45) is 11.3 Å². The molecule has 2 aliphatic carbocycles. The molecule has 0 radical (unpaired) electrons. The second kappa shape index (κ2) is 3.44. The van der Waals surface area contributed by atoms with Gasteiger partial charge in [0.25, 0.3) is 0 Å². The van der Waals surface area contributed by atoms with Crippen LogP contribution in [0.15, 0.2) is 35.5 Å². The third-order valence-corrected chi connectivity index (χ3v) is 4.58. The third-order valence-electron chi connectivity index (χ3n) is 4.58. The molecule has 94 valence electrons. The minimum absolute atomic E-state index is 0.0508. The highest BCUT2D eigenvalue weighted by Gasteiger charge is 2.49. The van der Waals surface area contributed by atoms with Crippen LogP contribution in [0.25, 0.3) is 0 Å². The summed E-state index contributed by atoms with van der Waals surface area (Å²) in [6.07, 6.45) is 4.99. The lowest BCUT2D eigenvalue weighted by Crippen LogP contribution is -2.37. The lowest BCUT2D eigenvalue weighted by molar-refractivity contribution is -0.140. The Bertz CT molecular complexity index is 538. The standard InChI is InChI=1S/C15H16O3/c1-8-10-6-11-9(2)12(16)4-5-15(11,3)7-13(10)18-14(8)17/h4-5,10,13H,1,6-7H2,2-3H3/t10?,13?,15-/m1/s1. The molecule has 0 aromatic carbocycles. The molecule has 3 rings (SSSR count). The number of ketones is 1. The van der Waals surface area contributed by atoms with Gasteiger partial charge in [0.2, 0.25) is 0 Å². The van der Waals surface area contributed by atoms with Crippen LogP contribution in [0.2, 0.25) is 0 Å². The first-order valence-corrected chi connectivity index (χ1v) is 6.26.